The Hall–Kier alpha value is -2.89. The second-order valence-corrected chi connectivity index (χ2v) is 7.54. The number of nitrogens with zero attached hydrogens (tertiary/aromatic N) is 3. The van der Waals surface area contributed by atoms with Crippen molar-refractivity contribution in [2.45, 2.75) is 12.5 Å². The molecule has 4 rings (SSSR count). The predicted molar refractivity (Wildman–Crippen MR) is 114 cm³/mol. The molecule has 1 fully saturated rings. The second-order valence-electron chi connectivity index (χ2n) is 7.54. The van der Waals surface area contributed by atoms with Crippen LogP contribution >= 0.6 is 0 Å². The van der Waals surface area contributed by atoms with Gasteiger partial charge in [-0.15, -0.1) is 0 Å². The second kappa shape index (κ2) is 9.07. The maximum absolute atomic E-state index is 12.7. The minimum atomic E-state index is -0.489. The number of β-amino-alcohol motifs (C(OH)–C–C–N with tert-alkyl or cyclic N) is 1. The first-order valence-electron chi connectivity index (χ1n) is 10.1. The van der Waals surface area contributed by atoms with Crippen LogP contribution in [0.1, 0.15) is 17.2 Å². The molecule has 1 aliphatic rings. The van der Waals surface area contributed by atoms with Crippen molar-refractivity contribution < 1.29 is 9.90 Å². The lowest BCUT2D eigenvalue weighted by Crippen LogP contribution is -2.50. The number of hydrogen-bond acceptors (Lipinski definition) is 3. The molecule has 2 heterocycles. The summed E-state index contributed by atoms with van der Waals surface area (Å²) < 4.78 is 2.05. The molecule has 0 aliphatic carbocycles. The van der Waals surface area contributed by atoms with Crippen molar-refractivity contribution in [2.24, 2.45) is 0 Å². The third-order valence-electron chi connectivity index (χ3n) is 5.53. The Bertz CT molecular complexity index is 899. The van der Waals surface area contributed by atoms with E-state index in [1.54, 1.807) is 0 Å². The lowest BCUT2D eigenvalue weighted by Gasteiger charge is -2.35. The van der Waals surface area contributed by atoms with Crippen molar-refractivity contribution in [2.75, 3.05) is 32.7 Å². The number of piperazine rings is 1. The SMILES string of the molecule is O=C(Cc1ccc(-n2cccc2)cc1)N1CCN(CC(O)c2ccccc2)CC1. The summed E-state index contributed by atoms with van der Waals surface area (Å²) in [6.45, 7) is 3.61. The average Bonchev–Trinajstić information content (AvgIpc) is 3.30. The van der Waals surface area contributed by atoms with E-state index in [1.165, 1.54) is 0 Å². The Balaban J connectivity index is 1.26. The van der Waals surface area contributed by atoms with E-state index in [9.17, 15) is 9.90 Å². The average molecular weight is 389 g/mol. The van der Waals surface area contributed by atoms with Crippen LogP contribution in [-0.2, 0) is 11.2 Å². The quantitative estimate of drug-likeness (QED) is 0.705. The number of aliphatic hydroxyl groups excluding tert-OH is 1. The van der Waals surface area contributed by atoms with Crippen LogP contribution in [0, 0.1) is 0 Å². The van der Waals surface area contributed by atoms with Gasteiger partial charge in [-0.1, -0.05) is 42.5 Å². The van der Waals surface area contributed by atoms with E-state index in [2.05, 4.69) is 9.47 Å². The van der Waals surface area contributed by atoms with Crippen molar-refractivity contribution >= 4 is 5.91 Å². The van der Waals surface area contributed by atoms with E-state index in [-0.39, 0.29) is 5.91 Å². The van der Waals surface area contributed by atoms with Crippen molar-refractivity contribution in [3.05, 3.63) is 90.3 Å². The van der Waals surface area contributed by atoms with Gasteiger partial charge in [0.2, 0.25) is 5.91 Å². The number of hydrogen-bond donors (Lipinski definition) is 1. The number of carbonyl (C=O) groups excluding carboxylic acids is 1. The number of aromatic nitrogens is 1. The lowest BCUT2D eigenvalue weighted by molar-refractivity contribution is -0.132. The summed E-state index contributed by atoms with van der Waals surface area (Å²) in [4.78, 5) is 16.8. The highest BCUT2D eigenvalue weighted by molar-refractivity contribution is 5.79. The molecule has 3 aromatic rings. The van der Waals surface area contributed by atoms with Gasteiger partial charge in [-0.25, -0.2) is 0 Å². The molecule has 1 atom stereocenters. The van der Waals surface area contributed by atoms with E-state index in [1.807, 2.05) is 84.0 Å². The molecule has 1 aromatic heterocycles. The number of carbonyl (C=O) groups is 1. The topological polar surface area (TPSA) is 48.7 Å². The highest BCUT2D eigenvalue weighted by atomic mass is 16.3. The molecule has 5 heteroatoms. The molecule has 1 N–H and O–H groups in total. The molecule has 29 heavy (non-hydrogen) atoms. The number of aliphatic hydroxyl groups is 1. The first-order chi connectivity index (χ1) is 14.2. The monoisotopic (exact) mass is 389 g/mol. The number of amides is 1. The summed E-state index contributed by atoms with van der Waals surface area (Å²) in [6.07, 6.45) is 3.96. The molecule has 2 aromatic carbocycles. The van der Waals surface area contributed by atoms with Crippen LogP contribution in [0.5, 0.6) is 0 Å². The van der Waals surface area contributed by atoms with Crippen molar-refractivity contribution in [3.63, 3.8) is 0 Å². The number of benzene rings is 2. The summed E-state index contributed by atoms with van der Waals surface area (Å²) in [5.74, 6) is 0.168. The Kier molecular flexibility index (Phi) is 6.08. The zero-order valence-corrected chi connectivity index (χ0v) is 16.5. The fraction of sp³-hybridized carbons (Fsp3) is 0.292. The third kappa shape index (κ3) is 4.94. The normalized spacial score (nSPS) is 16.0. The zero-order valence-electron chi connectivity index (χ0n) is 16.5. The van der Waals surface area contributed by atoms with Gasteiger partial charge in [0.1, 0.15) is 0 Å². The van der Waals surface area contributed by atoms with E-state index in [0.717, 1.165) is 29.9 Å². The van der Waals surface area contributed by atoms with Crippen LogP contribution in [0.4, 0.5) is 0 Å². The van der Waals surface area contributed by atoms with Crippen LogP contribution < -0.4 is 0 Å². The molecule has 1 saturated heterocycles. The van der Waals surface area contributed by atoms with Gasteiger partial charge >= 0.3 is 0 Å². The molecule has 0 bridgehead atoms. The lowest BCUT2D eigenvalue weighted by atomic mass is 10.1. The predicted octanol–water partition coefficient (Wildman–Crippen LogP) is 2.90. The third-order valence-corrected chi connectivity index (χ3v) is 5.53. The smallest absolute Gasteiger partial charge is 0.227 e. The standard InChI is InChI=1S/C24H27N3O2/c28-23(21-6-2-1-3-7-21)19-25-14-16-27(17-15-25)24(29)18-20-8-10-22(11-9-20)26-12-4-5-13-26/h1-13,23,28H,14-19H2. The van der Waals surface area contributed by atoms with Gasteiger partial charge in [-0.2, -0.15) is 0 Å². The van der Waals surface area contributed by atoms with Gasteiger partial charge in [0.25, 0.3) is 0 Å². The summed E-state index contributed by atoms with van der Waals surface area (Å²) in [5.41, 5.74) is 3.07. The Morgan fingerprint density at radius 1 is 0.862 bits per heavy atom. The van der Waals surface area contributed by atoms with Crippen molar-refractivity contribution in [1.82, 2.24) is 14.4 Å². The van der Waals surface area contributed by atoms with Crippen molar-refractivity contribution in [3.8, 4) is 5.69 Å². The minimum absolute atomic E-state index is 0.168. The van der Waals surface area contributed by atoms with Crippen LogP contribution in [0.25, 0.3) is 5.69 Å². The van der Waals surface area contributed by atoms with Gasteiger partial charge in [-0.05, 0) is 35.4 Å². The fourth-order valence-corrected chi connectivity index (χ4v) is 3.78. The largest absolute Gasteiger partial charge is 0.387 e. The van der Waals surface area contributed by atoms with Crippen LogP contribution in [-0.4, -0.2) is 58.1 Å². The highest BCUT2D eigenvalue weighted by Gasteiger charge is 2.23. The fourth-order valence-electron chi connectivity index (χ4n) is 3.78. The van der Waals surface area contributed by atoms with Crippen LogP contribution in [0.15, 0.2) is 79.1 Å². The molecule has 1 aliphatic heterocycles. The van der Waals surface area contributed by atoms with Gasteiger partial charge in [-0.3, -0.25) is 9.69 Å². The Morgan fingerprint density at radius 3 is 2.17 bits per heavy atom. The molecule has 150 valence electrons. The highest BCUT2D eigenvalue weighted by Crippen LogP contribution is 2.16. The zero-order chi connectivity index (χ0) is 20.1. The van der Waals surface area contributed by atoms with Crippen molar-refractivity contribution in [1.29, 1.82) is 0 Å². The first-order valence-corrected chi connectivity index (χ1v) is 10.1. The summed E-state index contributed by atoms with van der Waals surface area (Å²) >= 11 is 0. The number of rotatable bonds is 6. The van der Waals surface area contributed by atoms with Crippen LogP contribution in [0.2, 0.25) is 0 Å². The molecule has 5 nitrogen and oxygen atoms in total. The molecular formula is C24H27N3O2. The molecule has 1 unspecified atom stereocenters. The minimum Gasteiger partial charge on any atom is -0.387 e. The molecular weight excluding hydrogens is 362 g/mol. The van der Waals surface area contributed by atoms with E-state index in [0.29, 0.717) is 26.1 Å². The first kappa shape index (κ1) is 19.4. The van der Waals surface area contributed by atoms with E-state index in [4.69, 9.17) is 0 Å². The van der Waals surface area contributed by atoms with Gasteiger partial charge in [0, 0.05) is 50.8 Å². The molecule has 0 spiro atoms. The summed E-state index contributed by atoms with van der Waals surface area (Å²) in [7, 11) is 0. The van der Waals surface area contributed by atoms with E-state index >= 15 is 0 Å². The molecule has 0 saturated carbocycles. The van der Waals surface area contributed by atoms with E-state index < -0.39 is 6.10 Å². The Labute approximate surface area is 171 Å². The van der Waals surface area contributed by atoms with Gasteiger partial charge < -0.3 is 14.6 Å². The maximum Gasteiger partial charge on any atom is 0.227 e. The Morgan fingerprint density at radius 2 is 1.52 bits per heavy atom. The molecule has 0 radical (unpaired) electrons. The van der Waals surface area contributed by atoms with Gasteiger partial charge in [0.05, 0.1) is 12.5 Å². The maximum atomic E-state index is 12.7. The molecule has 1 amide bonds. The van der Waals surface area contributed by atoms with Gasteiger partial charge in [0.15, 0.2) is 0 Å². The summed E-state index contributed by atoms with van der Waals surface area (Å²) in [5, 5.41) is 10.4. The summed E-state index contributed by atoms with van der Waals surface area (Å²) in [6, 6.07) is 21.9. The van der Waals surface area contributed by atoms with Crippen LogP contribution in [0.3, 0.4) is 0 Å².